The summed E-state index contributed by atoms with van der Waals surface area (Å²) in [6.45, 7) is 5.05. The molecule has 0 aliphatic carbocycles. The number of benzene rings is 2. The van der Waals surface area contributed by atoms with Crippen LogP contribution < -0.4 is 9.47 Å². The van der Waals surface area contributed by atoms with Gasteiger partial charge in [0, 0.05) is 6.54 Å². The fraction of sp³-hybridized carbons (Fsp3) is 0.304. The zero-order valence-corrected chi connectivity index (χ0v) is 20.3. The summed E-state index contributed by atoms with van der Waals surface area (Å²) in [5.41, 5.74) is 1.59. The highest BCUT2D eigenvalue weighted by molar-refractivity contribution is 14.1. The Balaban J connectivity index is 1.82. The molecule has 0 unspecified atom stereocenters. The zero-order chi connectivity index (χ0) is 22.4. The first kappa shape index (κ1) is 23.6. The number of hydrogen-bond donors (Lipinski definition) is 0. The van der Waals surface area contributed by atoms with E-state index in [1.807, 2.05) is 19.9 Å². The second kappa shape index (κ2) is 11.0. The average molecular weight is 555 g/mol. The van der Waals surface area contributed by atoms with Crippen LogP contribution in [0.5, 0.6) is 11.5 Å². The first-order valence-electron chi connectivity index (χ1n) is 10.0. The van der Waals surface area contributed by atoms with E-state index in [0.717, 1.165) is 39.3 Å². The number of carbonyl (C=O) groups excluding carboxylic acids is 2. The Hall–Kier alpha value is -2.07. The highest BCUT2D eigenvalue weighted by Gasteiger charge is 2.34. The topological polar surface area (TPSA) is 55.8 Å². The summed E-state index contributed by atoms with van der Waals surface area (Å²) in [6, 6.07) is 9.80. The lowest BCUT2D eigenvalue weighted by Gasteiger charge is -2.15. The molecule has 1 fully saturated rings. The third-order valence-corrected chi connectivity index (χ3v) is 6.24. The van der Waals surface area contributed by atoms with Crippen molar-refractivity contribution in [1.82, 2.24) is 4.90 Å². The van der Waals surface area contributed by atoms with Crippen molar-refractivity contribution in [2.24, 2.45) is 0 Å². The molecule has 31 heavy (non-hydrogen) atoms. The van der Waals surface area contributed by atoms with Gasteiger partial charge in [-0.25, -0.2) is 4.39 Å². The van der Waals surface area contributed by atoms with Crippen molar-refractivity contribution >= 4 is 51.6 Å². The number of nitrogens with zero attached hydrogens (tertiary/aromatic N) is 1. The highest BCUT2D eigenvalue weighted by Crippen LogP contribution is 2.38. The van der Waals surface area contributed by atoms with Gasteiger partial charge in [0.1, 0.15) is 12.4 Å². The SMILES string of the molecule is CCCCN1C(=O)S/C(=C\c2cc(I)c(OCc3ccc(F)cc3)c(OCC)c2)C1=O. The van der Waals surface area contributed by atoms with Gasteiger partial charge in [0.05, 0.1) is 15.1 Å². The van der Waals surface area contributed by atoms with Crippen molar-refractivity contribution in [3.8, 4) is 11.5 Å². The molecule has 0 spiro atoms. The van der Waals surface area contributed by atoms with E-state index in [1.54, 1.807) is 24.3 Å². The summed E-state index contributed by atoms with van der Waals surface area (Å²) in [6.07, 6.45) is 3.42. The number of amides is 2. The third-order valence-electron chi connectivity index (χ3n) is 4.53. The summed E-state index contributed by atoms with van der Waals surface area (Å²) in [5, 5.41) is -0.233. The van der Waals surface area contributed by atoms with E-state index in [9.17, 15) is 14.0 Å². The first-order chi connectivity index (χ1) is 14.9. The van der Waals surface area contributed by atoms with Gasteiger partial charge in [-0.1, -0.05) is 25.5 Å². The van der Waals surface area contributed by atoms with Gasteiger partial charge in [0.15, 0.2) is 11.5 Å². The molecule has 2 aromatic rings. The second-order valence-corrected chi connectivity index (χ2v) is 9.02. The van der Waals surface area contributed by atoms with E-state index in [2.05, 4.69) is 22.6 Å². The maximum Gasteiger partial charge on any atom is 0.293 e. The van der Waals surface area contributed by atoms with E-state index in [4.69, 9.17) is 9.47 Å². The Labute approximate surface area is 199 Å². The van der Waals surface area contributed by atoms with E-state index in [0.29, 0.717) is 29.6 Å². The summed E-state index contributed by atoms with van der Waals surface area (Å²) in [4.78, 5) is 26.5. The number of ether oxygens (including phenoxy) is 2. The molecule has 3 rings (SSSR count). The molecular weight excluding hydrogens is 532 g/mol. The molecule has 5 nitrogen and oxygen atoms in total. The van der Waals surface area contributed by atoms with Gasteiger partial charge < -0.3 is 9.47 Å². The molecule has 0 radical (unpaired) electrons. The van der Waals surface area contributed by atoms with Crippen LogP contribution in [0.3, 0.4) is 0 Å². The predicted molar refractivity (Wildman–Crippen MR) is 129 cm³/mol. The van der Waals surface area contributed by atoms with Crippen LogP contribution in [0.2, 0.25) is 0 Å². The van der Waals surface area contributed by atoms with Crippen LogP contribution in [-0.4, -0.2) is 29.2 Å². The number of rotatable bonds is 9. The van der Waals surface area contributed by atoms with Gasteiger partial charge in [0.2, 0.25) is 0 Å². The molecular formula is C23H23FINO4S. The molecule has 2 amide bonds. The minimum atomic E-state index is -0.295. The van der Waals surface area contributed by atoms with Crippen LogP contribution >= 0.6 is 34.4 Å². The third kappa shape index (κ3) is 6.00. The zero-order valence-electron chi connectivity index (χ0n) is 17.3. The Morgan fingerprint density at radius 1 is 1.13 bits per heavy atom. The smallest absolute Gasteiger partial charge is 0.293 e. The van der Waals surface area contributed by atoms with E-state index in [-0.39, 0.29) is 23.6 Å². The number of halogens is 2. The van der Waals surface area contributed by atoms with E-state index < -0.39 is 0 Å². The van der Waals surface area contributed by atoms with Crippen molar-refractivity contribution in [2.75, 3.05) is 13.2 Å². The van der Waals surface area contributed by atoms with E-state index in [1.165, 1.54) is 17.0 Å². The highest BCUT2D eigenvalue weighted by atomic mass is 127. The van der Waals surface area contributed by atoms with E-state index >= 15 is 0 Å². The Kier molecular flexibility index (Phi) is 8.36. The van der Waals surface area contributed by atoms with Crippen molar-refractivity contribution < 1.29 is 23.5 Å². The van der Waals surface area contributed by atoms with Gasteiger partial charge in [-0.3, -0.25) is 14.5 Å². The molecule has 0 N–H and O–H groups in total. The molecule has 0 bridgehead atoms. The van der Waals surface area contributed by atoms with Gasteiger partial charge >= 0.3 is 0 Å². The molecule has 8 heteroatoms. The predicted octanol–water partition coefficient (Wildman–Crippen LogP) is 6.24. The van der Waals surface area contributed by atoms with Crippen LogP contribution in [0.25, 0.3) is 6.08 Å². The van der Waals surface area contributed by atoms with Gasteiger partial charge in [-0.05, 0) is 89.2 Å². The standard InChI is InChI=1S/C23H23FINO4S/c1-3-5-10-26-22(27)20(31-23(26)28)13-16-11-18(25)21(19(12-16)29-4-2)30-14-15-6-8-17(24)9-7-15/h6-9,11-13H,3-5,10,14H2,1-2H3/b20-13-. The lowest BCUT2D eigenvalue weighted by molar-refractivity contribution is -0.122. The first-order valence-corrected chi connectivity index (χ1v) is 11.9. The largest absolute Gasteiger partial charge is 0.490 e. The lowest BCUT2D eigenvalue weighted by atomic mass is 10.1. The number of carbonyl (C=O) groups is 2. The molecule has 1 saturated heterocycles. The minimum absolute atomic E-state index is 0.233. The maximum atomic E-state index is 13.1. The molecule has 2 aromatic carbocycles. The van der Waals surface area contributed by atoms with Crippen LogP contribution in [-0.2, 0) is 11.4 Å². The van der Waals surface area contributed by atoms with Crippen LogP contribution in [0.1, 0.15) is 37.8 Å². The molecule has 1 aliphatic heterocycles. The number of hydrogen-bond acceptors (Lipinski definition) is 5. The molecule has 0 saturated carbocycles. The van der Waals surface area contributed by atoms with Crippen molar-refractivity contribution in [1.29, 1.82) is 0 Å². The molecule has 164 valence electrons. The summed E-state index contributed by atoms with van der Waals surface area (Å²) >= 11 is 3.11. The summed E-state index contributed by atoms with van der Waals surface area (Å²) < 4.78 is 25.6. The number of thioether (sulfide) groups is 1. The van der Waals surface area contributed by atoms with Gasteiger partial charge in [-0.2, -0.15) is 0 Å². The number of imide groups is 1. The molecule has 0 aromatic heterocycles. The Bertz CT molecular complexity index is 994. The molecule has 1 aliphatic rings. The fourth-order valence-corrected chi connectivity index (χ4v) is 4.62. The van der Waals surface area contributed by atoms with Crippen molar-refractivity contribution in [2.45, 2.75) is 33.3 Å². The molecule has 1 heterocycles. The normalized spacial score (nSPS) is 15.1. The quantitative estimate of drug-likeness (QED) is 0.271. The summed E-state index contributed by atoms with van der Waals surface area (Å²) in [5.74, 6) is 0.581. The number of unbranched alkanes of at least 4 members (excludes halogenated alkanes) is 1. The van der Waals surface area contributed by atoms with Crippen molar-refractivity contribution in [3.63, 3.8) is 0 Å². The summed E-state index contributed by atoms with van der Waals surface area (Å²) in [7, 11) is 0. The fourth-order valence-electron chi connectivity index (χ4n) is 2.97. The van der Waals surface area contributed by atoms with Crippen molar-refractivity contribution in [3.05, 3.63) is 61.8 Å². The van der Waals surface area contributed by atoms with Gasteiger partial charge in [-0.15, -0.1) is 0 Å². The minimum Gasteiger partial charge on any atom is -0.490 e. The Morgan fingerprint density at radius 2 is 1.87 bits per heavy atom. The second-order valence-electron chi connectivity index (χ2n) is 6.87. The van der Waals surface area contributed by atoms with Crippen LogP contribution in [0.15, 0.2) is 41.3 Å². The average Bonchev–Trinajstić information content (AvgIpc) is 3.00. The van der Waals surface area contributed by atoms with Gasteiger partial charge in [0.25, 0.3) is 11.1 Å². The lowest BCUT2D eigenvalue weighted by Crippen LogP contribution is -2.29. The van der Waals surface area contributed by atoms with Crippen LogP contribution in [0, 0.1) is 9.39 Å². The monoisotopic (exact) mass is 555 g/mol. The molecule has 0 atom stereocenters. The maximum absolute atomic E-state index is 13.1. The van der Waals surface area contributed by atoms with Crippen LogP contribution in [0.4, 0.5) is 9.18 Å². The Morgan fingerprint density at radius 3 is 2.55 bits per heavy atom.